The molecule has 2 unspecified atom stereocenters. The first kappa shape index (κ1) is 23.4. The maximum atomic E-state index is 14.8. The van der Waals surface area contributed by atoms with Crippen LogP contribution in [-0.4, -0.2) is 6.61 Å². The van der Waals surface area contributed by atoms with Crippen molar-refractivity contribution in [2.75, 3.05) is 6.61 Å². The van der Waals surface area contributed by atoms with Crippen LogP contribution in [0.3, 0.4) is 0 Å². The highest BCUT2D eigenvalue weighted by atomic mass is 19.1. The predicted molar refractivity (Wildman–Crippen MR) is 126 cm³/mol. The van der Waals surface area contributed by atoms with Crippen molar-refractivity contribution in [3.05, 3.63) is 41.7 Å². The van der Waals surface area contributed by atoms with E-state index >= 15 is 0 Å². The second-order valence-electron chi connectivity index (χ2n) is 9.81. The van der Waals surface area contributed by atoms with Gasteiger partial charge < -0.3 is 4.74 Å². The number of unbranched alkanes of at least 4 members (excludes halogenated alkanes) is 2. The van der Waals surface area contributed by atoms with Gasteiger partial charge in [0.1, 0.15) is 0 Å². The number of hydrogen-bond acceptors (Lipinski definition) is 1. The number of rotatable bonds is 11. The maximum absolute atomic E-state index is 14.8. The summed E-state index contributed by atoms with van der Waals surface area (Å²) in [5.74, 6) is 3.13. The number of benzene rings is 1. The smallest absolute Gasteiger partial charge is 0.165 e. The molecule has 0 heterocycles. The van der Waals surface area contributed by atoms with Crippen LogP contribution in [0.5, 0.6) is 5.75 Å². The minimum Gasteiger partial charge on any atom is -0.491 e. The van der Waals surface area contributed by atoms with Crippen LogP contribution in [0, 0.1) is 23.6 Å². The van der Waals surface area contributed by atoms with Gasteiger partial charge in [0.25, 0.3) is 0 Å². The fraction of sp³-hybridized carbons (Fsp3) is 0.714. The van der Waals surface area contributed by atoms with Gasteiger partial charge in [-0.05, 0) is 86.3 Å². The van der Waals surface area contributed by atoms with Crippen LogP contribution in [-0.2, 0) is 0 Å². The quantitative estimate of drug-likeness (QED) is 0.259. The molecular weight excluding hydrogens is 371 g/mol. The molecule has 2 atom stereocenters. The lowest BCUT2D eigenvalue weighted by molar-refractivity contribution is 0.210. The normalized spacial score (nSPS) is 25.2. The summed E-state index contributed by atoms with van der Waals surface area (Å²) in [7, 11) is 0. The molecule has 1 aromatic carbocycles. The fourth-order valence-electron chi connectivity index (χ4n) is 5.59. The summed E-state index contributed by atoms with van der Waals surface area (Å²) in [6.45, 7) is 5.03. The summed E-state index contributed by atoms with van der Waals surface area (Å²) in [6.07, 6.45) is 21.1. The minimum atomic E-state index is -0.172. The van der Waals surface area contributed by atoms with Gasteiger partial charge in [0.15, 0.2) is 11.6 Å². The topological polar surface area (TPSA) is 9.23 Å². The average molecular weight is 415 g/mol. The van der Waals surface area contributed by atoms with Crippen molar-refractivity contribution in [2.24, 2.45) is 17.8 Å². The second-order valence-corrected chi connectivity index (χ2v) is 9.81. The maximum Gasteiger partial charge on any atom is 0.165 e. The van der Waals surface area contributed by atoms with Crippen molar-refractivity contribution in [1.29, 1.82) is 0 Å². The number of allylic oxidation sites excluding steroid dienone is 2. The predicted octanol–water partition coefficient (Wildman–Crippen LogP) is 8.83. The highest BCUT2D eigenvalue weighted by Crippen LogP contribution is 2.44. The van der Waals surface area contributed by atoms with E-state index in [1.165, 1.54) is 76.2 Å². The standard InChI is InChI=1S/C28H43FO/c1-3-5-10-22-13-15-24(16-14-22)26(20-23-11-8-7-9-12-23)25-17-18-28(27(29)21-25)30-19-6-4-2/h7-8,17-18,21-24,26H,3-6,9-16,19-20H2,1-2H3. The molecule has 30 heavy (non-hydrogen) atoms. The first-order valence-electron chi connectivity index (χ1n) is 12.8. The van der Waals surface area contributed by atoms with E-state index in [1.54, 1.807) is 6.07 Å². The Morgan fingerprint density at radius 1 is 0.967 bits per heavy atom. The molecule has 1 nitrogen and oxygen atoms in total. The Kier molecular flexibility index (Phi) is 9.75. The molecule has 1 aromatic rings. The zero-order valence-corrected chi connectivity index (χ0v) is 19.4. The Balaban J connectivity index is 1.69. The highest BCUT2D eigenvalue weighted by Gasteiger charge is 2.31. The summed E-state index contributed by atoms with van der Waals surface area (Å²) in [4.78, 5) is 0. The van der Waals surface area contributed by atoms with Crippen LogP contribution in [0.25, 0.3) is 0 Å². The number of hydrogen-bond donors (Lipinski definition) is 0. The minimum absolute atomic E-state index is 0.172. The van der Waals surface area contributed by atoms with Crippen molar-refractivity contribution in [3.8, 4) is 5.75 Å². The Morgan fingerprint density at radius 2 is 1.77 bits per heavy atom. The molecule has 0 saturated heterocycles. The van der Waals surface area contributed by atoms with E-state index < -0.39 is 0 Å². The Bertz CT molecular complexity index is 644. The molecule has 2 heteroatoms. The summed E-state index contributed by atoms with van der Waals surface area (Å²) < 4.78 is 20.5. The molecule has 3 rings (SSSR count). The molecular formula is C28H43FO. The van der Waals surface area contributed by atoms with Crippen molar-refractivity contribution in [3.63, 3.8) is 0 Å². The van der Waals surface area contributed by atoms with Crippen LogP contribution in [0.2, 0.25) is 0 Å². The Hall–Kier alpha value is -1.31. The van der Waals surface area contributed by atoms with Crippen LogP contribution in [0.4, 0.5) is 4.39 Å². The van der Waals surface area contributed by atoms with Crippen molar-refractivity contribution in [2.45, 2.75) is 103 Å². The van der Waals surface area contributed by atoms with Crippen molar-refractivity contribution in [1.82, 2.24) is 0 Å². The van der Waals surface area contributed by atoms with E-state index in [2.05, 4.69) is 32.1 Å². The van der Waals surface area contributed by atoms with Crippen LogP contribution in [0.15, 0.2) is 30.4 Å². The van der Waals surface area contributed by atoms with Gasteiger partial charge in [0, 0.05) is 0 Å². The van der Waals surface area contributed by atoms with E-state index in [1.807, 2.05) is 6.07 Å². The fourth-order valence-corrected chi connectivity index (χ4v) is 5.59. The van der Waals surface area contributed by atoms with Gasteiger partial charge in [-0.2, -0.15) is 0 Å². The molecule has 0 N–H and O–H groups in total. The Morgan fingerprint density at radius 3 is 2.43 bits per heavy atom. The third-order valence-electron chi connectivity index (χ3n) is 7.53. The molecule has 1 saturated carbocycles. The summed E-state index contributed by atoms with van der Waals surface area (Å²) in [6, 6.07) is 5.85. The number of ether oxygens (including phenoxy) is 1. The highest BCUT2D eigenvalue weighted by molar-refractivity contribution is 5.32. The lowest BCUT2D eigenvalue weighted by Crippen LogP contribution is -2.23. The molecule has 0 aliphatic heterocycles. The average Bonchev–Trinajstić information content (AvgIpc) is 2.78. The Labute approximate surface area is 184 Å². The lowest BCUT2D eigenvalue weighted by Gasteiger charge is -2.36. The zero-order valence-electron chi connectivity index (χ0n) is 19.4. The molecule has 1 fully saturated rings. The molecule has 2 aliphatic rings. The van der Waals surface area contributed by atoms with E-state index in [9.17, 15) is 4.39 Å². The SMILES string of the molecule is CCCCOc1ccc(C(CC2CC=CCC2)C2CCC(CCCC)CC2)cc1F. The molecule has 0 amide bonds. The molecule has 168 valence electrons. The third kappa shape index (κ3) is 6.86. The third-order valence-corrected chi connectivity index (χ3v) is 7.53. The second kappa shape index (κ2) is 12.5. The largest absolute Gasteiger partial charge is 0.491 e. The van der Waals surface area contributed by atoms with Gasteiger partial charge in [-0.1, -0.05) is 70.6 Å². The van der Waals surface area contributed by atoms with Gasteiger partial charge in [0.05, 0.1) is 6.61 Å². The van der Waals surface area contributed by atoms with E-state index in [-0.39, 0.29) is 5.82 Å². The van der Waals surface area contributed by atoms with Crippen molar-refractivity contribution < 1.29 is 9.13 Å². The van der Waals surface area contributed by atoms with Gasteiger partial charge in [-0.15, -0.1) is 0 Å². The van der Waals surface area contributed by atoms with E-state index in [0.717, 1.165) is 24.7 Å². The first-order chi connectivity index (χ1) is 14.7. The monoisotopic (exact) mass is 414 g/mol. The summed E-state index contributed by atoms with van der Waals surface area (Å²) in [5.41, 5.74) is 1.21. The van der Waals surface area contributed by atoms with Gasteiger partial charge in [-0.3, -0.25) is 0 Å². The molecule has 2 aliphatic carbocycles. The van der Waals surface area contributed by atoms with Gasteiger partial charge >= 0.3 is 0 Å². The van der Waals surface area contributed by atoms with Crippen LogP contribution in [0.1, 0.15) is 109 Å². The van der Waals surface area contributed by atoms with Gasteiger partial charge in [0.2, 0.25) is 0 Å². The molecule has 0 aromatic heterocycles. The molecule has 0 radical (unpaired) electrons. The first-order valence-corrected chi connectivity index (χ1v) is 12.8. The lowest BCUT2D eigenvalue weighted by atomic mass is 9.69. The van der Waals surface area contributed by atoms with Crippen LogP contribution >= 0.6 is 0 Å². The van der Waals surface area contributed by atoms with E-state index in [0.29, 0.717) is 24.2 Å². The van der Waals surface area contributed by atoms with Gasteiger partial charge in [-0.25, -0.2) is 4.39 Å². The number of halogens is 1. The summed E-state index contributed by atoms with van der Waals surface area (Å²) >= 11 is 0. The molecule has 0 spiro atoms. The van der Waals surface area contributed by atoms with Crippen molar-refractivity contribution >= 4 is 0 Å². The van der Waals surface area contributed by atoms with Crippen LogP contribution < -0.4 is 4.74 Å². The zero-order chi connectivity index (χ0) is 21.2. The summed E-state index contributed by atoms with van der Waals surface area (Å²) in [5, 5.41) is 0. The molecule has 0 bridgehead atoms. The van der Waals surface area contributed by atoms with E-state index in [4.69, 9.17) is 4.74 Å².